The predicted octanol–water partition coefficient (Wildman–Crippen LogP) is 1.92. The van der Waals surface area contributed by atoms with Crippen molar-refractivity contribution in [2.45, 2.75) is 45.3 Å². The van der Waals surface area contributed by atoms with E-state index >= 15 is 0 Å². The Morgan fingerprint density at radius 1 is 1.19 bits per heavy atom. The quantitative estimate of drug-likeness (QED) is 0.765. The predicted molar refractivity (Wildman–Crippen MR) is 101 cm³/mol. The molecular weight excluding hydrogens is 344 g/mol. The van der Waals surface area contributed by atoms with Crippen molar-refractivity contribution in [1.29, 1.82) is 0 Å². The van der Waals surface area contributed by atoms with Crippen LogP contribution in [0.4, 0.5) is 0 Å². The molecule has 3 rings (SSSR count). The van der Waals surface area contributed by atoms with Crippen LogP contribution < -0.4 is 5.73 Å². The molecule has 0 fully saturated rings. The molecule has 0 bridgehead atoms. The number of fused-ring (bicyclic) bond motifs is 1. The maximum atomic E-state index is 13.0. The van der Waals surface area contributed by atoms with Gasteiger partial charge in [0.25, 0.3) is 0 Å². The van der Waals surface area contributed by atoms with Gasteiger partial charge < -0.3 is 20.8 Å². The molecule has 2 atom stereocenters. The Labute approximate surface area is 158 Å². The van der Waals surface area contributed by atoms with Crippen molar-refractivity contribution >= 4 is 11.9 Å². The molecule has 0 radical (unpaired) electrons. The number of amides is 1. The highest BCUT2D eigenvalue weighted by Crippen LogP contribution is 2.26. The van der Waals surface area contributed by atoms with Gasteiger partial charge in [0.2, 0.25) is 5.91 Å². The standard InChI is InChI=1S/C21H24N2O4/c1-12-7-16(24)8-13(2)17(12)10-18(22)20(25)23-11-15-6-4-3-5-14(15)9-19(23)21(26)27/h3-8,18-19,24H,9-11,22H2,1-2H3,(H,26,27)/t18-,19?/m0/s1. The van der Waals surface area contributed by atoms with E-state index in [0.717, 1.165) is 27.8 Å². The Morgan fingerprint density at radius 2 is 1.78 bits per heavy atom. The summed E-state index contributed by atoms with van der Waals surface area (Å²) in [6.07, 6.45) is 0.572. The number of aromatic hydroxyl groups is 1. The van der Waals surface area contributed by atoms with Gasteiger partial charge in [-0.05, 0) is 60.2 Å². The maximum Gasteiger partial charge on any atom is 0.326 e. The van der Waals surface area contributed by atoms with E-state index in [0.29, 0.717) is 6.42 Å². The van der Waals surface area contributed by atoms with E-state index in [1.54, 1.807) is 12.1 Å². The van der Waals surface area contributed by atoms with Gasteiger partial charge in [0.1, 0.15) is 11.8 Å². The second-order valence-electron chi connectivity index (χ2n) is 7.16. The second-order valence-corrected chi connectivity index (χ2v) is 7.16. The first kappa shape index (κ1) is 18.9. The third-order valence-corrected chi connectivity index (χ3v) is 5.24. The molecule has 1 heterocycles. The number of phenols is 1. The summed E-state index contributed by atoms with van der Waals surface area (Å²) in [6.45, 7) is 3.96. The lowest BCUT2D eigenvalue weighted by molar-refractivity contribution is -0.152. The van der Waals surface area contributed by atoms with E-state index < -0.39 is 18.1 Å². The van der Waals surface area contributed by atoms with Crippen molar-refractivity contribution in [1.82, 2.24) is 4.90 Å². The summed E-state index contributed by atoms with van der Waals surface area (Å²) in [4.78, 5) is 26.1. The molecule has 0 saturated heterocycles. The number of nitrogens with two attached hydrogens (primary N) is 1. The van der Waals surface area contributed by atoms with E-state index in [-0.39, 0.29) is 24.6 Å². The maximum absolute atomic E-state index is 13.0. The SMILES string of the molecule is Cc1cc(O)cc(C)c1C[C@H](N)C(=O)N1Cc2ccccc2CC1C(=O)O. The monoisotopic (exact) mass is 368 g/mol. The molecule has 0 saturated carbocycles. The number of hydrogen-bond acceptors (Lipinski definition) is 4. The number of aliphatic carboxylic acids is 1. The fraction of sp³-hybridized carbons (Fsp3) is 0.333. The molecular formula is C21H24N2O4. The van der Waals surface area contributed by atoms with E-state index in [1.807, 2.05) is 38.1 Å². The van der Waals surface area contributed by atoms with Crippen LogP contribution in [0, 0.1) is 13.8 Å². The number of carbonyl (C=O) groups is 2. The second kappa shape index (κ2) is 7.40. The summed E-state index contributed by atoms with van der Waals surface area (Å²) >= 11 is 0. The van der Waals surface area contributed by atoms with Gasteiger partial charge in [-0.2, -0.15) is 0 Å². The van der Waals surface area contributed by atoms with Crippen LogP contribution >= 0.6 is 0 Å². The number of hydrogen-bond donors (Lipinski definition) is 3. The number of benzene rings is 2. The molecule has 0 spiro atoms. The minimum absolute atomic E-state index is 0.173. The molecule has 142 valence electrons. The number of carboxylic acids is 1. The Kier molecular flexibility index (Phi) is 5.19. The van der Waals surface area contributed by atoms with E-state index in [2.05, 4.69) is 0 Å². The van der Waals surface area contributed by atoms with Gasteiger partial charge in [0, 0.05) is 13.0 Å². The summed E-state index contributed by atoms with van der Waals surface area (Å²) in [7, 11) is 0. The molecule has 1 unspecified atom stereocenters. The summed E-state index contributed by atoms with van der Waals surface area (Å²) < 4.78 is 0. The zero-order valence-electron chi connectivity index (χ0n) is 15.5. The number of rotatable bonds is 4. The molecule has 2 aromatic carbocycles. The van der Waals surface area contributed by atoms with Crippen molar-refractivity contribution in [2.75, 3.05) is 0 Å². The molecule has 0 aromatic heterocycles. The van der Waals surface area contributed by atoms with E-state index in [4.69, 9.17) is 5.73 Å². The topological polar surface area (TPSA) is 104 Å². The first-order valence-electron chi connectivity index (χ1n) is 8.92. The molecule has 1 amide bonds. The van der Waals surface area contributed by atoms with E-state index in [1.165, 1.54) is 4.90 Å². The van der Waals surface area contributed by atoms with Gasteiger partial charge in [0.15, 0.2) is 0 Å². The minimum atomic E-state index is -1.03. The van der Waals surface area contributed by atoms with Crippen LogP contribution in [0.15, 0.2) is 36.4 Å². The molecule has 1 aliphatic heterocycles. The van der Waals surface area contributed by atoms with Gasteiger partial charge >= 0.3 is 5.97 Å². The van der Waals surface area contributed by atoms with Gasteiger partial charge in [-0.3, -0.25) is 4.79 Å². The Hall–Kier alpha value is -2.86. The van der Waals surface area contributed by atoms with Crippen LogP contribution in [0.1, 0.15) is 27.8 Å². The lowest BCUT2D eigenvalue weighted by atomic mass is 9.92. The molecule has 2 aromatic rings. The highest BCUT2D eigenvalue weighted by atomic mass is 16.4. The number of nitrogens with zero attached hydrogens (tertiary/aromatic N) is 1. The van der Waals surface area contributed by atoms with Crippen LogP contribution in [0.5, 0.6) is 5.75 Å². The first-order chi connectivity index (χ1) is 12.8. The highest BCUT2D eigenvalue weighted by Gasteiger charge is 2.36. The number of carboxylic acid groups (broad SMARTS) is 1. The first-order valence-corrected chi connectivity index (χ1v) is 8.92. The lowest BCUT2D eigenvalue weighted by Gasteiger charge is -2.36. The third-order valence-electron chi connectivity index (χ3n) is 5.24. The fourth-order valence-electron chi connectivity index (χ4n) is 3.79. The number of phenolic OH excluding ortho intramolecular Hbond substituents is 1. The van der Waals surface area contributed by atoms with Crippen LogP contribution in [0.3, 0.4) is 0 Å². The third kappa shape index (κ3) is 3.80. The van der Waals surface area contributed by atoms with Crippen molar-refractivity contribution in [2.24, 2.45) is 5.73 Å². The molecule has 6 heteroatoms. The van der Waals surface area contributed by atoms with Crippen LogP contribution in [0.25, 0.3) is 0 Å². The Morgan fingerprint density at radius 3 is 2.37 bits per heavy atom. The zero-order valence-corrected chi connectivity index (χ0v) is 15.5. The summed E-state index contributed by atoms with van der Waals surface area (Å²) in [5.41, 5.74) is 10.7. The minimum Gasteiger partial charge on any atom is -0.508 e. The van der Waals surface area contributed by atoms with E-state index in [9.17, 15) is 19.8 Å². The highest BCUT2D eigenvalue weighted by molar-refractivity contribution is 5.88. The molecule has 6 nitrogen and oxygen atoms in total. The van der Waals surface area contributed by atoms with Crippen LogP contribution in [-0.4, -0.2) is 39.1 Å². The Balaban J connectivity index is 1.84. The van der Waals surface area contributed by atoms with Crippen LogP contribution in [0.2, 0.25) is 0 Å². The van der Waals surface area contributed by atoms with Gasteiger partial charge in [-0.25, -0.2) is 4.79 Å². The Bertz CT molecular complexity index is 870. The van der Waals surface area contributed by atoms with Crippen molar-refractivity contribution < 1.29 is 19.8 Å². The van der Waals surface area contributed by atoms with Crippen LogP contribution in [-0.2, 0) is 29.0 Å². The van der Waals surface area contributed by atoms with Crippen molar-refractivity contribution in [3.8, 4) is 5.75 Å². The van der Waals surface area contributed by atoms with Gasteiger partial charge in [-0.15, -0.1) is 0 Å². The summed E-state index contributed by atoms with van der Waals surface area (Å²) in [5, 5.41) is 19.3. The normalized spacial score (nSPS) is 17.3. The zero-order chi connectivity index (χ0) is 19.7. The van der Waals surface area contributed by atoms with Crippen molar-refractivity contribution in [3.05, 3.63) is 64.2 Å². The number of aryl methyl sites for hydroxylation is 2. The van der Waals surface area contributed by atoms with Crippen molar-refractivity contribution in [3.63, 3.8) is 0 Å². The summed E-state index contributed by atoms with van der Waals surface area (Å²) in [5.74, 6) is -1.22. The molecule has 1 aliphatic rings. The summed E-state index contributed by atoms with van der Waals surface area (Å²) in [6, 6.07) is 9.07. The smallest absolute Gasteiger partial charge is 0.326 e. The van der Waals surface area contributed by atoms with Gasteiger partial charge in [0.05, 0.1) is 6.04 Å². The average Bonchev–Trinajstić information content (AvgIpc) is 2.62. The average molecular weight is 368 g/mol. The fourth-order valence-corrected chi connectivity index (χ4v) is 3.79. The number of carbonyl (C=O) groups excluding carboxylic acids is 1. The molecule has 27 heavy (non-hydrogen) atoms. The lowest BCUT2D eigenvalue weighted by Crippen LogP contribution is -2.54. The largest absolute Gasteiger partial charge is 0.508 e. The molecule has 0 aliphatic carbocycles. The molecule has 4 N–H and O–H groups in total. The van der Waals surface area contributed by atoms with Gasteiger partial charge in [-0.1, -0.05) is 24.3 Å².